The van der Waals surface area contributed by atoms with Gasteiger partial charge in [0.25, 0.3) is 5.91 Å². The molecule has 0 radical (unpaired) electrons. The number of benzene rings is 2. The normalized spacial score (nSPS) is 12.0. The maximum Gasteiger partial charge on any atom is 0.252 e. The summed E-state index contributed by atoms with van der Waals surface area (Å²) in [6.45, 7) is 3.88. The highest BCUT2D eigenvalue weighted by Crippen LogP contribution is 2.26. The van der Waals surface area contributed by atoms with Crippen molar-refractivity contribution < 1.29 is 9.53 Å². The third-order valence-electron chi connectivity index (χ3n) is 4.19. The van der Waals surface area contributed by atoms with E-state index in [1.54, 1.807) is 13.2 Å². The molecule has 0 aliphatic heterocycles. The molecular weight excluding hydrogens is 316 g/mol. The molecule has 0 saturated heterocycles. The number of nitrogens with one attached hydrogen (secondary N) is 2. The van der Waals surface area contributed by atoms with Gasteiger partial charge in [0, 0.05) is 22.5 Å². The predicted molar refractivity (Wildman–Crippen MR) is 98.2 cm³/mol. The summed E-state index contributed by atoms with van der Waals surface area (Å²) >= 11 is 0. The van der Waals surface area contributed by atoms with Crippen LogP contribution in [0.25, 0.3) is 10.9 Å². The van der Waals surface area contributed by atoms with Gasteiger partial charge < -0.3 is 15.0 Å². The fourth-order valence-electron chi connectivity index (χ4n) is 2.94. The van der Waals surface area contributed by atoms with Crippen molar-refractivity contribution in [3.8, 4) is 5.75 Å². The van der Waals surface area contributed by atoms with E-state index in [1.165, 1.54) is 6.07 Å². The van der Waals surface area contributed by atoms with E-state index in [-0.39, 0.29) is 17.5 Å². The van der Waals surface area contributed by atoms with Crippen LogP contribution in [0.2, 0.25) is 0 Å². The van der Waals surface area contributed by atoms with Crippen LogP contribution in [0, 0.1) is 6.92 Å². The Kier molecular flexibility index (Phi) is 4.57. The van der Waals surface area contributed by atoms with Crippen LogP contribution >= 0.6 is 0 Å². The first kappa shape index (κ1) is 16.8. The van der Waals surface area contributed by atoms with Gasteiger partial charge in [0.1, 0.15) is 5.75 Å². The van der Waals surface area contributed by atoms with Crippen LogP contribution < -0.4 is 15.6 Å². The summed E-state index contributed by atoms with van der Waals surface area (Å²) in [5.41, 5.74) is 2.67. The minimum Gasteiger partial charge on any atom is -0.496 e. The van der Waals surface area contributed by atoms with Gasteiger partial charge in [-0.15, -0.1) is 0 Å². The summed E-state index contributed by atoms with van der Waals surface area (Å²) in [6.07, 6.45) is 0. The maximum absolute atomic E-state index is 12.8. The number of aromatic nitrogens is 1. The number of H-pyrrole nitrogens is 1. The van der Waals surface area contributed by atoms with Crippen molar-refractivity contribution in [1.82, 2.24) is 10.3 Å². The van der Waals surface area contributed by atoms with Crippen LogP contribution in [-0.4, -0.2) is 18.0 Å². The minimum absolute atomic E-state index is 0.264. The molecule has 1 atom stereocenters. The lowest BCUT2D eigenvalue weighted by Gasteiger charge is -2.18. The van der Waals surface area contributed by atoms with Crippen LogP contribution in [0.15, 0.2) is 53.3 Å². The first-order valence-electron chi connectivity index (χ1n) is 8.07. The smallest absolute Gasteiger partial charge is 0.252 e. The second-order valence-corrected chi connectivity index (χ2v) is 6.03. The summed E-state index contributed by atoms with van der Waals surface area (Å²) < 4.78 is 5.39. The molecule has 3 aromatic rings. The number of rotatable bonds is 4. The van der Waals surface area contributed by atoms with Crippen molar-refractivity contribution >= 4 is 16.8 Å². The Morgan fingerprint density at radius 2 is 1.92 bits per heavy atom. The number of carbonyl (C=O) groups excluding carboxylic acids is 1. The quantitative estimate of drug-likeness (QED) is 0.767. The largest absolute Gasteiger partial charge is 0.496 e. The predicted octanol–water partition coefficient (Wildman–Crippen LogP) is 3.34. The van der Waals surface area contributed by atoms with Crippen LogP contribution in [0.4, 0.5) is 0 Å². The standard InChI is InChI=1S/C20H20N2O3/c1-12-8-9-18(25-3)15(10-12)13(2)21-20(24)16-11-19(23)22-17-7-5-4-6-14(16)17/h4-11,13H,1-3H3,(H,21,24)(H,22,23)/t13-/m1/s1. The van der Waals surface area contributed by atoms with Gasteiger partial charge in [-0.1, -0.05) is 35.9 Å². The summed E-state index contributed by atoms with van der Waals surface area (Å²) in [5, 5.41) is 3.67. The molecule has 0 aliphatic carbocycles. The van der Waals surface area contributed by atoms with Crippen molar-refractivity contribution in [2.45, 2.75) is 19.9 Å². The van der Waals surface area contributed by atoms with E-state index in [0.717, 1.165) is 11.1 Å². The third kappa shape index (κ3) is 3.40. The first-order chi connectivity index (χ1) is 12.0. The number of methoxy groups -OCH3 is 1. The molecule has 25 heavy (non-hydrogen) atoms. The van der Waals surface area contributed by atoms with Crippen molar-refractivity contribution in [3.05, 3.63) is 75.6 Å². The first-order valence-corrected chi connectivity index (χ1v) is 8.07. The monoisotopic (exact) mass is 336 g/mol. The lowest BCUT2D eigenvalue weighted by atomic mass is 10.0. The van der Waals surface area contributed by atoms with Crippen molar-refractivity contribution in [3.63, 3.8) is 0 Å². The summed E-state index contributed by atoms with van der Waals surface area (Å²) in [7, 11) is 1.60. The molecule has 128 valence electrons. The Morgan fingerprint density at radius 3 is 2.68 bits per heavy atom. The zero-order valence-corrected chi connectivity index (χ0v) is 14.4. The fourth-order valence-corrected chi connectivity index (χ4v) is 2.94. The highest BCUT2D eigenvalue weighted by atomic mass is 16.5. The number of fused-ring (bicyclic) bond motifs is 1. The number of pyridine rings is 1. The highest BCUT2D eigenvalue weighted by Gasteiger charge is 2.17. The van der Waals surface area contributed by atoms with Gasteiger partial charge in [0.05, 0.1) is 18.7 Å². The highest BCUT2D eigenvalue weighted by molar-refractivity contribution is 6.06. The average Bonchev–Trinajstić information content (AvgIpc) is 2.60. The minimum atomic E-state index is -0.301. The Hall–Kier alpha value is -3.08. The molecule has 1 heterocycles. The molecule has 0 spiro atoms. The Balaban J connectivity index is 1.96. The number of ether oxygens (including phenoxy) is 1. The second-order valence-electron chi connectivity index (χ2n) is 6.03. The molecule has 1 amide bonds. The van der Waals surface area contributed by atoms with E-state index in [0.29, 0.717) is 22.2 Å². The lowest BCUT2D eigenvalue weighted by molar-refractivity contribution is 0.0941. The number of hydrogen-bond acceptors (Lipinski definition) is 3. The van der Waals surface area contributed by atoms with Gasteiger partial charge in [-0.3, -0.25) is 9.59 Å². The number of amides is 1. The number of aromatic amines is 1. The van der Waals surface area contributed by atoms with Crippen LogP contribution in [0.3, 0.4) is 0 Å². The van der Waals surface area contributed by atoms with Crippen molar-refractivity contribution in [1.29, 1.82) is 0 Å². The fraction of sp³-hybridized carbons (Fsp3) is 0.200. The SMILES string of the molecule is COc1ccc(C)cc1[C@@H](C)NC(=O)c1cc(=O)[nH]c2ccccc12. The van der Waals surface area contributed by atoms with Gasteiger partial charge in [-0.2, -0.15) is 0 Å². The van der Waals surface area contributed by atoms with Crippen molar-refractivity contribution in [2.75, 3.05) is 7.11 Å². The van der Waals surface area contributed by atoms with Crippen LogP contribution in [0.5, 0.6) is 5.75 Å². The maximum atomic E-state index is 12.8. The summed E-state index contributed by atoms with van der Waals surface area (Å²) in [5.74, 6) is 0.424. The second kappa shape index (κ2) is 6.81. The molecule has 0 fully saturated rings. The molecule has 2 N–H and O–H groups in total. The van der Waals surface area contributed by atoms with E-state index >= 15 is 0 Å². The molecule has 3 rings (SSSR count). The molecular formula is C20H20N2O3. The van der Waals surface area contributed by atoms with Crippen LogP contribution in [0.1, 0.15) is 34.5 Å². The van der Waals surface area contributed by atoms with Gasteiger partial charge in [0.15, 0.2) is 0 Å². The molecule has 0 unspecified atom stereocenters. The molecule has 0 aliphatic rings. The number of aryl methyl sites for hydroxylation is 1. The lowest BCUT2D eigenvalue weighted by Crippen LogP contribution is -2.28. The molecule has 2 aromatic carbocycles. The Labute approximate surface area is 145 Å². The molecule has 0 bridgehead atoms. The van der Waals surface area contributed by atoms with E-state index < -0.39 is 0 Å². The van der Waals surface area contributed by atoms with E-state index in [2.05, 4.69) is 10.3 Å². The van der Waals surface area contributed by atoms with E-state index in [4.69, 9.17) is 4.74 Å². The van der Waals surface area contributed by atoms with E-state index in [9.17, 15) is 9.59 Å². The van der Waals surface area contributed by atoms with Crippen LogP contribution in [-0.2, 0) is 0 Å². The van der Waals surface area contributed by atoms with Gasteiger partial charge in [-0.25, -0.2) is 0 Å². The topological polar surface area (TPSA) is 71.2 Å². The Bertz CT molecular complexity index is 992. The number of para-hydroxylation sites is 1. The number of hydrogen-bond donors (Lipinski definition) is 2. The molecule has 5 nitrogen and oxygen atoms in total. The van der Waals surface area contributed by atoms with E-state index in [1.807, 2.05) is 50.2 Å². The summed E-state index contributed by atoms with van der Waals surface area (Å²) in [4.78, 5) is 27.4. The molecule has 1 aromatic heterocycles. The number of carbonyl (C=O) groups is 1. The van der Waals surface area contributed by atoms with Gasteiger partial charge in [0.2, 0.25) is 5.56 Å². The van der Waals surface area contributed by atoms with Gasteiger partial charge >= 0.3 is 0 Å². The zero-order chi connectivity index (χ0) is 18.0. The van der Waals surface area contributed by atoms with Gasteiger partial charge in [-0.05, 0) is 26.0 Å². The zero-order valence-electron chi connectivity index (χ0n) is 14.4. The molecule has 0 saturated carbocycles. The Morgan fingerprint density at radius 1 is 1.16 bits per heavy atom. The third-order valence-corrected chi connectivity index (χ3v) is 4.19. The summed E-state index contributed by atoms with van der Waals surface area (Å²) in [6, 6.07) is 14.2. The van der Waals surface area contributed by atoms with Crippen molar-refractivity contribution in [2.24, 2.45) is 0 Å². The molecule has 5 heteroatoms. The average molecular weight is 336 g/mol.